The Morgan fingerprint density at radius 1 is 1.36 bits per heavy atom. The monoisotopic (exact) mass is 192 g/mol. The summed E-state index contributed by atoms with van der Waals surface area (Å²) in [7, 11) is 0. The molecule has 72 valence electrons. The molecule has 2 rings (SSSR count). The Labute approximate surface area is 79.7 Å². The van der Waals surface area contributed by atoms with Crippen LogP contribution >= 0.6 is 0 Å². The first kappa shape index (κ1) is 8.71. The maximum atomic E-state index is 11.1. The van der Waals surface area contributed by atoms with Gasteiger partial charge in [-0.05, 0) is 9.95 Å². The Hall–Kier alpha value is -1.88. The van der Waals surface area contributed by atoms with Crippen LogP contribution in [0.3, 0.4) is 0 Å². The second kappa shape index (κ2) is 3.47. The number of H-pyrrole nitrogens is 1. The Morgan fingerprint density at radius 2 is 2.07 bits per heavy atom. The molecule has 1 heterocycles. The topological polar surface area (TPSA) is 75.9 Å². The summed E-state index contributed by atoms with van der Waals surface area (Å²) in [6.07, 6.45) is 0. The molecule has 0 unspecified atom stereocenters. The number of hydrogen-bond acceptors (Lipinski definition) is 3. The highest BCUT2D eigenvalue weighted by Gasteiger charge is 2.20. The van der Waals surface area contributed by atoms with E-state index in [1.807, 2.05) is 30.3 Å². The number of nitrogens with two attached hydrogens (primary N) is 1. The van der Waals surface area contributed by atoms with E-state index < -0.39 is 5.63 Å². The number of nitrogens with zero attached hydrogens (tertiary/aromatic N) is 1. The first-order chi connectivity index (χ1) is 6.83. The molecule has 2 aromatic rings. The van der Waals surface area contributed by atoms with Gasteiger partial charge in [-0.25, -0.2) is 4.79 Å². The molecule has 0 spiro atoms. The molecule has 1 aromatic carbocycles. The standard InChI is InChI=1S/C9H9N3O2/c10-6-8-9(13)14-11-12(8)7-4-2-1-3-5-7/h1-5H,6,10H2/p+1. The third-order valence-corrected chi connectivity index (χ3v) is 1.94. The fraction of sp³-hybridized carbons (Fsp3) is 0.111. The molecule has 3 N–H and O–H groups in total. The number of hydrogen-bond donors (Lipinski definition) is 2. The molecule has 0 atom stereocenters. The van der Waals surface area contributed by atoms with Crippen molar-refractivity contribution in [1.29, 1.82) is 0 Å². The first-order valence-corrected chi connectivity index (χ1v) is 4.21. The van der Waals surface area contributed by atoms with Crippen LogP contribution in [-0.2, 0) is 6.54 Å². The third-order valence-electron chi connectivity index (χ3n) is 1.94. The van der Waals surface area contributed by atoms with E-state index in [9.17, 15) is 4.79 Å². The summed E-state index contributed by atoms with van der Waals surface area (Å²) < 4.78 is 6.17. The highest BCUT2D eigenvalue weighted by Crippen LogP contribution is 1.96. The van der Waals surface area contributed by atoms with Crippen molar-refractivity contribution in [3.63, 3.8) is 0 Å². The second-order valence-electron chi connectivity index (χ2n) is 2.80. The van der Waals surface area contributed by atoms with Gasteiger partial charge in [-0.3, -0.25) is 4.52 Å². The summed E-state index contributed by atoms with van der Waals surface area (Å²) in [5.41, 5.74) is 6.22. The van der Waals surface area contributed by atoms with E-state index in [1.165, 1.54) is 4.68 Å². The van der Waals surface area contributed by atoms with E-state index in [2.05, 4.69) is 9.79 Å². The van der Waals surface area contributed by atoms with Crippen LogP contribution in [0.25, 0.3) is 5.69 Å². The van der Waals surface area contributed by atoms with Crippen molar-refractivity contribution in [2.45, 2.75) is 6.54 Å². The Bertz CT molecular complexity index is 472. The largest absolute Gasteiger partial charge is 0.431 e. The predicted molar refractivity (Wildman–Crippen MR) is 48.8 cm³/mol. The molecule has 0 radical (unpaired) electrons. The van der Waals surface area contributed by atoms with Crippen LogP contribution in [-0.4, -0.2) is 5.27 Å². The van der Waals surface area contributed by atoms with Gasteiger partial charge in [0.2, 0.25) is 5.69 Å². The molecule has 5 nitrogen and oxygen atoms in total. The normalized spacial score (nSPS) is 10.4. The minimum Gasteiger partial charge on any atom is -0.321 e. The zero-order valence-corrected chi connectivity index (χ0v) is 7.43. The zero-order chi connectivity index (χ0) is 9.97. The molecule has 0 fully saturated rings. The maximum Gasteiger partial charge on any atom is 0.431 e. The second-order valence-corrected chi connectivity index (χ2v) is 2.80. The van der Waals surface area contributed by atoms with Gasteiger partial charge in [0.1, 0.15) is 0 Å². The summed E-state index contributed by atoms with van der Waals surface area (Å²) in [6, 6.07) is 9.33. The molecule has 0 amide bonds. The van der Waals surface area contributed by atoms with Gasteiger partial charge in [0.15, 0.2) is 0 Å². The van der Waals surface area contributed by atoms with Gasteiger partial charge in [-0.2, -0.15) is 0 Å². The summed E-state index contributed by atoms with van der Waals surface area (Å²) in [4.78, 5) is 11.1. The lowest BCUT2D eigenvalue weighted by atomic mass is 10.3. The lowest BCUT2D eigenvalue weighted by Gasteiger charge is -1.89. The van der Waals surface area contributed by atoms with Gasteiger partial charge in [0, 0.05) is 12.1 Å². The highest BCUT2D eigenvalue weighted by atomic mass is 16.5. The van der Waals surface area contributed by atoms with Crippen LogP contribution in [0, 0.1) is 0 Å². The van der Waals surface area contributed by atoms with Crippen LogP contribution in [0.5, 0.6) is 0 Å². The molecular weight excluding hydrogens is 182 g/mol. The fourth-order valence-corrected chi connectivity index (χ4v) is 1.25. The number of rotatable bonds is 2. The summed E-state index contributed by atoms with van der Waals surface area (Å²) in [5.74, 6) is 0. The third kappa shape index (κ3) is 1.33. The molecule has 0 aliphatic rings. The van der Waals surface area contributed by atoms with Crippen molar-refractivity contribution < 1.29 is 9.20 Å². The molecule has 0 saturated heterocycles. The van der Waals surface area contributed by atoms with Crippen molar-refractivity contribution >= 4 is 0 Å². The molecule has 1 aromatic heterocycles. The maximum absolute atomic E-state index is 11.1. The van der Waals surface area contributed by atoms with Gasteiger partial charge in [0.25, 0.3) is 0 Å². The van der Waals surface area contributed by atoms with Crippen molar-refractivity contribution in [3.05, 3.63) is 46.4 Å². The van der Waals surface area contributed by atoms with Gasteiger partial charge in [0.05, 0.1) is 6.54 Å². The SMILES string of the molecule is NCc1c(=O)o[nH][n+]1-c1ccccc1. The number of aromatic amines is 1. The first-order valence-electron chi connectivity index (χ1n) is 4.21. The van der Waals surface area contributed by atoms with E-state index >= 15 is 0 Å². The van der Waals surface area contributed by atoms with Crippen LogP contribution in [0.2, 0.25) is 0 Å². The van der Waals surface area contributed by atoms with E-state index in [0.29, 0.717) is 5.69 Å². The Kier molecular flexibility index (Phi) is 2.16. The molecule has 0 aliphatic carbocycles. The number of para-hydroxylation sites is 1. The zero-order valence-electron chi connectivity index (χ0n) is 7.43. The summed E-state index contributed by atoms with van der Waals surface area (Å²) in [6.45, 7) is 0.140. The average Bonchev–Trinajstić information content (AvgIpc) is 2.61. The van der Waals surface area contributed by atoms with Crippen molar-refractivity contribution in [2.75, 3.05) is 0 Å². The van der Waals surface area contributed by atoms with E-state index in [-0.39, 0.29) is 6.54 Å². The van der Waals surface area contributed by atoms with Crippen LogP contribution in [0.1, 0.15) is 5.69 Å². The van der Waals surface area contributed by atoms with Crippen molar-refractivity contribution in [1.82, 2.24) is 5.27 Å². The van der Waals surface area contributed by atoms with Gasteiger partial charge < -0.3 is 5.73 Å². The van der Waals surface area contributed by atoms with Gasteiger partial charge in [-0.15, -0.1) is 0 Å². The Balaban J connectivity index is 2.57. The molecule has 5 heteroatoms. The van der Waals surface area contributed by atoms with Crippen molar-refractivity contribution in [3.8, 4) is 5.69 Å². The van der Waals surface area contributed by atoms with Gasteiger partial charge in [-0.1, -0.05) is 18.2 Å². The molecule has 0 aliphatic heterocycles. The molecular formula is C9H10N3O2+. The average molecular weight is 192 g/mol. The summed E-state index contributed by atoms with van der Waals surface area (Å²) in [5, 5.41) is 2.49. The number of benzene rings is 1. The van der Waals surface area contributed by atoms with E-state index in [1.54, 1.807) is 0 Å². The van der Waals surface area contributed by atoms with Crippen LogP contribution in [0.4, 0.5) is 0 Å². The quantitative estimate of drug-likeness (QED) is 0.641. The Morgan fingerprint density at radius 3 is 2.71 bits per heavy atom. The smallest absolute Gasteiger partial charge is 0.321 e. The lowest BCUT2D eigenvalue weighted by Crippen LogP contribution is -2.39. The number of aromatic nitrogens is 2. The molecule has 0 saturated carbocycles. The minimum absolute atomic E-state index is 0.140. The predicted octanol–water partition coefficient (Wildman–Crippen LogP) is -0.297. The van der Waals surface area contributed by atoms with E-state index in [4.69, 9.17) is 5.73 Å². The van der Waals surface area contributed by atoms with Crippen LogP contribution in [0.15, 0.2) is 39.6 Å². The molecule has 0 bridgehead atoms. The number of nitrogens with one attached hydrogen (secondary N) is 1. The fourth-order valence-electron chi connectivity index (χ4n) is 1.25. The van der Waals surface area contributed by atoms with Crippen molar-refractivity contribution in [2.24, 2.45) is 5.73 Å². The van der Waals surface area contributed by atoms with Crippen LogP contribution < -0.4 is 16.0 Å². The lowest BCUT2D eigenvalue weighted by molar-refractivity contribution is -0.677. The van der Waals surface area contributed by atoms with E-state index in [0.717, 1.165) is 5.69 Å². The minimum atomic E-state index is -0.434. The molecule has 14 heavy (non-hydrogen) atoms. The summed E-state index contributed by atoms with van der Waals surface area (Å²) >= 11 is 0. The highest BCUT2D eigenvalue weighted by molar-refractivity contribution is 5.21. The van der Waals surface area contributed by atoms with Gasteiger partial charge >= 0.3 is 11.3 Å².